The molecule has 23 heavy (non-hydrogen) atoms. The Morgan fingerprint density at radius 1 is 1.43 bits per heavy atom. The van der Waals surface area contributed by atoms with E-state index in [0.717, 1.165) is 48.0 Å². The molecule has 7 nitrogen and oxygen atoms in total. The summed E-state index contributed by atoms with van der Waals surface area (Å²) in [6.45, 7) is 5.99. The van der Waals surface area contributed by atoms with Gasteiger partial charge in [0.2, 0.25) is 0 Å². The van der Waals surface area contributed by atoms with Crippen molar-refractivity contribution in [2.24, 2.45) is 0 Å². The summed E-state index contributed by atoms with van der Waals surface area (Å²) in [6.07, 6.45) is 2.56. The van der Waals surface area contributed by atoms with Crippen molar-refractivity contribution in [2.75, 3.05) is 30.4 Å². The second-order valence-electron chi connectivity index (χ2n) is 5.58. The van der Waals surface area contributed by atoms with Crippen LogP contribution in [0.3, 0.4) is 0 Å². The van der Waals surface area contributed by atoms with E-state index < -0.39 is 0 Å². The minimum Gasteiger partial charge on any atom is -0.383 e. The molecule has 0 aliphatic carbocycles. The standard InChI is InChI=1S/C15H20ClN5O2/c1-9-12(10(2)23-20-9)7-22-11-4-5-21(6-11)15-13(17-3)14(16)18-8-19-15/h8,11,17H,4-7H2,1-3H3. The molecule has 3 rings (SSSR count). The summed E-state index contributed by atoms with van der Waals surface area (Å²) in [5, 5.41) is 7.44. The van der Waals surface area contributed by atoms with Gasteiger partial charge in [0.05, 0.1) is 18.4 Å². The molecule has 0 radical (unpaired) electrons. The average molecular weight is 338 g/mol. The Kier molecular flexibility index (Phi) is 4.68. The van der Waals surface area contributed by atoms with Crippen molar-refractivity contribution < 1.29 is 9.26 Å². The monoisotopic (exact) mass is 337 g/mol. The molecule has 0 spiro atoms. The lowest BCUT2D eigenvalue weighted by Gasteiger charge is -2.20. The first-order chi connectivity index (χ1) is 11.1. The van der Waals surface area contributed by atoms with Crippen LogP contribution in [0.4, 0.5) is 11.5 Å². The molecule has 0 amide bonds. The highest BCUT2D eigenvalue weighted by atomic mass is 35.5. The van der Waals surface area contributed by atoms with E-state index in [9.17, 15) is 0 Å². The summed E-state index contributed by atoms with van der Waals surface area (Å²) in [4.78, 5) is 10.5. The maximum absolute atomic E-state index is 6.12. The zero-order valence-electron chi connectivity index (χ0n) is 13.5. The van der Waals surface area contributed by atoms with Gasteiger partial charge in [-0.3, -0.25) is 0 Å². The van der Waals surface area contributed by atoms with E-state index in [4.69, 9.17) is 20.9 Å². The number of aryl methyl sites for hydroxylation is 2. The van der Waals surface area contributed by atoms with Gasteiger partial charge in [-0.2, -0.15) is 0 Å². The van der Waals surface area contributed by atoms with Gasteiger partial charge in [0.15, 0.2) is 11.0 Å². The third-order valence-electron chi connectivity index (χ3n) is 4.12. The van der Waals surface area contributed by atoms with Gasteiger partial charge in [-0.05, 0) is 20.3 Å². The fourth-order valence-electron chi connectivity index (χ4n) is 2.78. The van der Waals surface area contributed by atoms with Crippen molar-refractivity contribution in [3.8, 4) is 0 Å². The van der Waals surface area contributed by atoms with E-state index in [1.54, 1.807) is 0 Å². The normalized spacial score (nSPS) is 17.7. The molecule has 124 valence electrons. The lowest BCUT2D eigenvalue weighted by atomic mass is 10.2. The van der Waals surface area contributed by atoms with Crippen molar-refractivity contribution in [2.45, 2.75) is 33.0 Å². The minimum absolute atomic E-state index is 0.141. The third-order valence-corrected chi connectivity index (χ3v) is 4.41. The van der Waals surface area contributed by atoms with Gasteiger partial charge in [-0.25, -0.2) is 9.97 Å². The molecule has 1 unspecified atom stereocenters. The molecule has 1 N–H and O–H groups in total. The number of hydrogen-bond donors (Lipinski definition) is 1. The molecular formula is C15H20ClN5O2. The highest BCUT2D eigenvalue weighted by molar-refractivity contribution is 6.32. The van der Waals surface area contributed by atoms with Gasteiger partial charge in [0.25, 0.3) is 0 Å². The van der Waals surface area contributed by atoms with Crippen molar-refractivity contribution in [3.63, 3.8) is 0 Å². The van der Waals surface area contributed by atoms with Crippen molar-refractivity contribution >= 4 is 23.1 Å². The van der Waals surface area contributed by atoms with Gasteiger partial charge in [-0.15, -0.1) is 0 Å². The first-order valence-electron chi connectivity index (χ1n) is 7.56. The number of nitrogens with one attached hydrogen (secondary N) is 1. The second kappa shape index (κ2) is 6.72. The third kappa shape index (κ3) is 3.25. The highest BCUT2D eigenvalue weighted by Gasteiger charge is 2.27. The van der Waals surface area contributed by atoms with E-state index in [1.165, 1.54) is 6.33 Å². The molecular weight excluding hydrogens is 318 g/mol. The lowest BCUT2D eigenvalue weighted by Crippen LogP contribution is -2.24. The summed E-state index contributed by atoms with van der Waals surface area (Å²) in [6, 6.07) is 0. The van der Waals surface area contributed by atoms with Crippen molar-refractivity contribution in [3.05, 3.63) is 28.5 Å². The number of anilines is 2. The summed E-state index contributed by atoms with van der Waals surface area (Å²) < 4.78 is 11.2. The van der Waals surface area contributed by atoms with Crippen LogP contribution in [-0.2, 0) is 11.3 Å². The van der Waals surface area contributed by atoms with E-state index in [2.05, 4.69) is 25.3 Å². The van der Waals surface area contributed by atoms with Gasteiger partial charge < -0.3 is 19.5 Å². The smallest absolute Gasteiger partial charge is 0.157 e. The predicted molar refractivity (Wildman–Crippen MR) is 88.0 cm³/mol. The molecule has 0 bridgehead atoms. The maximum Gasteiger partial charge on any atom is 0.157 e. The van der Waals surface area contributed by atoms with Crippen LogP contribution in [0.2, 0.25) is 5.15 Å². The topological polar surface area (TPSA) is 76.3 Å². The predicted octanol–water partition coefficient (Wildman–Crippen LogP) is 2.57. The fourth-order valence-corrected chi connectivity index (χ4v) is 3.00. The summed E-state index contributed by atoms with van der Waals surface area (Å²) in [5.74, 6) is 1.63. The zero-order valence-corrected chi connectivity index (χ0v) is 14.2. The van der Waals surface area contributed by atoms with E-state index in [1.807, 2.05) is 20.9 Å². The number of nitrogens with zero attached hydrogens (tertiary/aromatic N) is 4. The Labute approximate surface area is 140 Å². The number of rotatable bonds is 5. The van der Waals surface area contributed by atoms with Crippen LogP contribution in [0.25, 0.3) is 0 Å². The van der Waals surface area contributed by atoms with Crippen LogP contribution >= 0.6 is 11.6 Å². The van der Waals surface area contributed by atoms with Crippen LogP contribution < -0.4 is 10.2 Å². The largest absolute Gasteiger partial charge is 0.383 e. The fraction of sp³-hybridized carbons (Fsp3) is 0.533. The number of aromatic nitrogens is 3. The van der Waals surface area contributed by atoms with E-state index >= 15 is 0 Å². The zero-order chi connectivity index (χ0) is 16.4. The number of hydrogen-bond acceptors (Lipinski definition) is 7. The molecule has 8 heteroatoms. The first kappa shape index (κ1) is 16.0. The Bertz CT molecular complexity index is 671. The van der Waals surface area contributed by atoms with E-state index in [0.29, 0.717) is 11.8 Å². The molecule has 2 aromatic heterocycles. The molecule has 1 atom stereocenters. The van der Waals surface area contributed by atoms with Gasteiger partial charge >= 0.3 is 0 Å². The van der Waals surface area contributed by atoms with Crippen LogP contribution in [-0.4, -0.2) is 41.4 Å². The van der Waals surface area contributed by atoms with Crippen LogP contribution in [0.1, 0.15) is 23.4 Å². The summed E-state index contributed by atoms with van der Waals surface area (Å²) in [7, 11) is 1.82. The number of halogens is 1. The molecule has 2 aromatic rings. The second-order valence-corrected chi connectivity index (χ2v) is 5.94. The average Bonchev–Trinajstić information content (AvgIpc) is 3.13. The SMILES string of the molecule is CNc1c(Cl)ncnc1N1CCC(OCc2c(C)noc2C)C1. The van der Waals surface area contributed by atoms with E-state index in [-0.39, 0.29) is 6.10 Å². The van der Waals surface area contributed by atoms with Crippen LogP contribution in [0.5, 0.6) is 0 Å². The Balaban J connectivity index is 1.64. The summed E-state index contributed by atoms with van der Waals surface area (Å²) >= 11 is 6.12. The van der Waals surface area contributed by atoms with Crippen LogP contribution in [0, 0.1) is 13.8 Å². The first-order valence-corrected chi connectivity index (χ1v) is 7.94. The van der Waals surface area contributed by atoms with Gasteiger partial charge in [-0.1, -0.05) is 16.8 Å². The Hall–Kier alpha value is -1.86. The molecule has 1 saturated heterocycles. The molecule has 1 aliphatic heterocycles. The van der Waals surface area contributed by atoms with Gasteiger partial charge in [0, 0.05) is 25.7 Å². The highest BCUT2D eigenvalue weighted by Crippen LogP contribution is 2.31. The van der Waals surface area contributed by atoms with Crippen molar-refractivity contribution in [1.82, 2.24) is 15.1 Å². The Morgan fingerprint density at radius 2 is 2.26 bits per heavy atom. The molecule has 3 heterocycles. The molecule has 1 aliphatic rings. The molecule has 0 saturated carbocycles. The van der Waals surface area contributed by atoms with Gasteiger partial charge in [0.1, 0.15) is 17.8 Å². The molecule has 0 aromatic carbocycles. The summed E-state index contributed by atoms with van der Waals surface area (Å²) in [5.41, 5.74) is 2.67. The molecule has 1 fully saturated rings. The lowest BCUT2D eigenvalue weighted by molar-refractivity contribution is 0.0544. The Morgan fingerprint density at radius 3 is 2.96 bits per heavy atom. The van der Waals surface area contributed by atoms with Crippen LogP contribution in [0.15, 0.2) is 10.9 Å². The maximum atomic E-state index is 6.12. The van der Waals surface area contributed by atoms with Crippen molar-refractivity contribution in [1.29, 1.82) is 0 Å². The minimum atomic E-state index is 0.141. The number of ether oxygens (including phenoxy) is 1. The quantitative estimate of drug-likeness (QED) is 0.840.